The van der Waals surface area contributed by atoms with Crippen LogP contribution < -0.4 is 10.1 Å². The molecule has 1 fully saturated rings. The predicted octanol–water partition coefficient (Wildman–Crippen LogP) is 3.25. The molecule has 0 bridgehead atoms. The van der Waals surface area contributed by atoms with E-state index in [-0.39, 0.29) is 23.8 Å². The molecule has 0 radical (unpaired) electrons. The first-order valence-electron chi connectivity index (χ1n) is 7.39. The fourth-order valence-electron chi connectivity index (χ4n) is 2.44. The number of carbonyl (C=O) groups is 1. The molecule has 1 amide bonds. The third kappa shape index (κ3) is 5.09. The minimum atomic E-state index is -4.56. The molecule has 0 spiro atoms. The number of halogens is 3. The van der Waals surface area contributed by atoms with Gasteiger partial charge in [0, 0.05) is 25.7 Å². The molecule has 1 N–H and O–H groups in total. The number of aromatic nitrogens is 1. The van der Waals surface area contributed by atoms with Crippen molar-refractivity contribution in [2.75, 3.05) is 25.6 Å². The zero-order chi connectivity index (χ0) is 16.9. The van der Waals surface area contributed by atoms with Crippen LogP contribution in [0, 0.1) is 5.92 Å². The van der Waals surface area contributed by atoms with Gasteiger partial charge in [0.05, 0.1) is 13.3 Å². The summed E-state index contributed by atoms with van der Waals surface area (Å²) < 4.78 is 48.1. The summed E-state index contributed by atoms with van der Waals surface area (Å²) in [5, 5.41) is 2.55. The van der Waals surface area contributed by atoms with Crippen molar-refractivity contribution >= 4 is 11.6 Å². The summed E-state index contributed by atoms with van der Waals surface area (Å²) in [5.41, 5.74) is -0.933. The van der Waals surface area contributed by atoms with Crippen molar-refractivity contribution in [1.29, 1.82) is 0 Å². The van der Waals surface area contributed by atoms with Gasteiger partial charge in [-0.05, 0) is 25.2 Å². The Kier molecular flexibility index (Phi) is 5.81. The van der Waals surface area contributed by atoms with Gasteiger partial charge in [-0.15, -0.1) is 0 Å². The predicted molar refractivity (Wildman–Crippen MR) is 77.2 cm³/mol. The summed E-state index contributed by atoms with van der Waals surface area (Å²) >= 11 is 0. The molecule has 1 aromatic heterocycles. The van der Waals surface area contributed by atoms with Crippen LogP contribution in [0.25, 0.3) is 0 Å². The molecule has 1 atom stereocenters. The fourth-order valence-corrected chi connectivity index (χ4v) is 2.44. The molecule has 8 heteroatoms. The fraction of sp³-hybridized carbons (Fsp3) is 0.600. The molecule has 1 saturated heterocycles. The number of hydrogen-bond donors (Lipinski definition) is 1. The zero-order valence-electron chi connectivity index (χ0n) is 12.8. The largest absolute Gasteiger partial charge is 0.494 e. The van der Waals surface area contributed by atoms with Crippen molar-refractivity contribution in [1.82, 2.24) is 4.98 Å². The lowest BCUT2D eigenvalue weighted by atomic mass is 9.97. The van der Waals surface area contributed by atoms with Crippen molar-refractivity contribution in [2.24, 2.45) is 5.92 Å². The Morgan fingerprint density at radius 3 is 2.91 bits per heavy atom. The number of nitrogens with one attached hydrogen (secondary N) is 1. The van der Waals surface area contributed by atoms with Gasteiger partial charge in [0.2, 0.25) is 5.91 Å². The number of ether oxygens (including phenoxy) is 2. The topological polar surface area (TPSA) is 60.5 Å². The van der Waals surface area contributed by atoms with Gasteiger partial charge < -0.3 is 14.8 Å². The molecule has 1 aromatic rings. The van der Waals surface area contributed by atoms with Crippen LogP contribution in [-0.4, -0.2) is 31.2 Å². The van der Waals surface area contributed by atoms with Crippen LogP contribution >= 0.6 is 0 Å². The number of methoxy groups -OCH3 is 1. The lowest BCUT2D eigenvalue weighted by Crippen LogP contribution is -2.20. The maximum Gasteiger partial charge on any atom is 0.433 e. The van der Waals surface area contributed by atoms with E-state index < -0.39 is 11.9 Å². The summed E-state index contributed by atoms with van der Waals surface area (Å²) in [6.07, 6.45) is -0.623. The van der Waals surface area contributed by atoms with E-state index in [2.05, 4.69) is 10.3 Å². The van der Waals surface area contributed by atoms with Crippen molar-refractivity contribution in [3.05, 3.63) is 18.0 Å². The Morgan fingerprint density at radius 1 is 1.52 bits per heavy atom. The first kappa shape index (κ1) is 17.5. The van der Waals surface area contributed by atoms with Crippen molar-refractivity contribution in [2.45, 2.75) is 31.9 Å². The molecule has 1 aliphatic rings. The quantitative estimate of drug-likeness (QED) is 0.899. The highest BCUT2D eigenvalue weighted by atomic mass is 19.4. The monoisotopic (exact) mass is 332 g/mol. The summed E-state index contributed by atoms with van der Waals surface area (Å²) in [6.45, 7) is 1.41. The Labute approximate surface area is 132 Å². The second-order valence-corrected chi connectivity index (χ2v) is 5.44. The average molecular weight is 332 g/mol. The van der Waals surface area contributed by atoms with Crippen LogP contribution in [-0.2, 0) is 15.7 Å². The van der Waals surface area contributed by atoms with Gasteiger partial charge >= 0.3 is 6.18 Å². The third-order valence-electron chi connectivity index (χ3n) is 3.68. The van der Waals surface area contributed by atoms with Gasteiger partial charge in [-0.25, -0.2) is 4.98 Å². The van der Waals surface area contributed by atoms with Gasteiger partial charge in [0.15, 0.2) is 0 Å². The first-order valence-corrected chi connectivity index (χ1v) is 7.39. The van der Waals surface area contributed by atoms with Gasteiger partial charge in [0.1, 0.15) is 17.1 Å². The highest BCUT2D eigenvalue weighted by Crippen LogP contribution is 2.33. The number of carbonyl (C=O) groups excluding carboxylic acids is 1. The second kappa shape index (κ2) is 7.63. The molecule has 128 valence electrons. The molecule has 0 aliphatic carbocycles. The minimum Gasteiger partial charge on any atom is -0.494 e. The van der Waals surface area contributed by atoms with E-state index in [9.17, 15) is 18.0 Å². The number of rotatable bonds is 5. The van der Waals surface area contributed by atoms with Gasteiger partial charge in [-0.2, -0.15) is 13.2 Å². The molecular weight excluding hydrogens is 313 g/mol. The highest BCUT2D eigenvalue weighted by molar-refractivity contribution is 5.92. The van der Waals surface area contributed by atoms with Crippen molar-refractivity contribution in [3.8, 4) is 5.75 Å². The average Bonchev–Trinajstić information content (AvgIpc) is 2.53. The van der Waals surface area contributed by atoms with E-state index in [0.717, 1.165) is 31.7 Å². The molecule has 0 saturated carbocycles. The molecule has 5 nitrogen and oxygen atoms in total. The summed E-state index contributed by atoms with van der Waals surface area (Å²) in [4.78, 5) is 15.3. The van der Waals surface area contributed by atoms with E-state index in [0.29, 0.717) is 18.9 Å². The number of hydrogen-bond acceptors (Lipinski definition) is 4. The van der Waals surface area contributed by atoms with E-state index >= 15 is 0 Å². The standard InChI is InChI=1S/C15H19F3N2O3/c1-22-12-7-13(15(16,17)18)19-8-11(12)20-14(21)5-4-10-3-2-6-23-9-10/h7-8,10H,2-6,9H2,1H3,(H,20,21). The molecule has 23 heavy (non-hydrogen) atoms. The van der Waals surface area contributed by atoms with E-state index in [4.69, 9.17) is 9.47 Å². The van der Waals surface area contributed by atoms with Gasteiger partial charge in [0.25, 0.3) is 0 Å². The number of alkyl halides is 3. The van der Waals surface area contributed by atoms with Crippen LogP contribution in [0.15, 0.2) is 12.3 Å². The smallest absolute Gasteiger partial charge is 0.433 e. The lowest BCUT2D eigenvalue weighted by molar-refractivity contribution is -0.141. The van der Waals surface area contributed by atoms with Crippen LogP contribution in [0.4, 0.5) is 18.9 Å². The summed E-state index contributed by atoms with van der Waals surface area (Å²) in [5.74, 6) is -0.000710. The summed E-state index contributed by atoms with van der Waals surface area (Å²) in [6, 6.07) is 0.768. The Bertz CT molecular complexity index is 543. The van der Waals surface area contributed by atoms with Crippen LogP contribution in [0.2, 0.25) is 0 Å². The van der Waals surface area contributed by atoms with E-state index in [1.54, 1.807) is 0 Å². The molecule has 2 heterocycles. The normalized spacial score (nSPS) is 18.5. The van der Waals surface area contributed by atoms with Gasteiger partial charge in [-0.1, -0.05) is 0 Å². The van der Waals surface area contributed by atoms with Gasteiger partial charge in [-0.3, -0.25) is 4.79 Å². The maximum atomic E-state index is 12.6. The highest BCUT2D eigenvalue weighted by Gasteiger charge is 2.33. The summed E-state index contributed by atoms with van der Waals surface area (Å²) in [7, 11) is 1.24. The first-order chi connectivity index (χ1) is 10.9. The maximum absolute atomic E-state index is 12.6. The van der Waals surface area contributed by atoms with Crippen LogP contribution in [0.3, 0.4) is 0 Å². The minimum absolute atomic E-state index is 0.0679. The Morgan fingerprint density at radius 2 is 2.30 bits per heavy atom. The number of amides is 1. The number of anilines is 1. The van der Waals surface area contributed by atoms with Crippen molar-refractivity contribution in [3.63, 3.8) is 0 Å². The van der Waals surface area contributed by atoms with Crippen LogP contribution in [0.5, 0.6) is 5.75 Å². The lowest BCUT2D eigenvalue weighted by Gasteiger charge is -2.21. The Balaban J connectivity index is 1.94. The number of nitrogens with zero attached hydrogens (tertiary/aromatic N) is 1. The van der Waals surface area contributed by atoms with E-state index in [1.807, 2.05) is 0 Å². The number of pyridine rings is 1. The second-order valence-electron chi connectivity index (χ2n) is 5.44. The molecule has 0 aromatic carbocycles. The SMILES string of the molecule is COc1cc(C(F)(F)F)ncc1NC(=O)CCC1CCCOC1. The Hall–Kier alpha value is -1.83. The third-order valence-corrected chi connectivity index (χ3v) is 3.68. The van der Waals surface area contributed by atoms with E-state index in [1.165, 1.54) is 7.11 Å². The molecular formula is C15H19F3N2O3. The van der Waals surface area contributed by atoms with Crippen LogP contribution in [0.1, 0.15) is 31.4 Å². The zero-order valence-corrected chi connectivity index (χ0v) is 12.8. The molecule has 2 rings (SSSR count). The molecule has 1 aliphatic heterocycles. The molecule has 1 unspecified atom stereocenters. The van der Waals surface area contributed by atoms with Crippen molar-refractivity contribution < 1.29 is 27.4 Å².